The minimum atomic E-state index is 0.0488. The number of hydrogen-bond acceptors (Lipinski definition) is 6. The Morgan fingerprint density at radius 1 is 1.10 bits per heavy atom. The Bertz CT molecular complexity index is 572. The Hall–Kier alpha value is -2.50. The fraction of sp³-hybridized carbons (Fsp3) is 0.286. The van der Waals surface area contributed by atoms with Crippen LogP contribution in [0.25, 0.3) is 0 Å². The van der Waals surface area contributed by atoms with Crippen LogP contribution in [0.2, 0.25) is 0 Å². The fourth-order valence-electron chi connectivity index (χ4n) is 1.84. The highest BCUT2D eigenvalue weighted by Gasteiger charge is 2.10. The Morgan fingerprint density at radius 2 is 1.85 bits per heavy atom. The van der Waals surface area contributed by atoms with Gasteiger partial charge in [0, 0.05) is 0 Å². The van der Waals surface area contributed by atoms with Gasteiger partial charge in [0.1, 0.15) is 11.6 Å². The number of hydrogen-bond donors (Lipinski definition) is 2. The number of nitrogens with two attached hydrogens (primary N) is 1. The zero-order valence-corrected chi connectivity index (χ0v) is 11.8. The summed E-state index contributed by atoms with van der Waals surface area (Å²) in [4.78, 5) is 8.16. The van der Waals surface area contributed by atoms with Crippen molar-refractivity contribution in [3.63, 3.8) is 0 Å². The van der Waals surface area contributed by atoms with Crippen LogP contribution in [-0.4, -0.2) is 24.2 Å². The van der Waals surface area contributed by atoms with Gasteiger partial charge in [0.15, 0.2) is 11.5 Å². The molecule has 6 nitrogen and oxygen atoms in total. The minimum absolute atomic E-state index is 0.0488. The summed E-state index contributed by atoms with van der Waals surface area (Å²) in [6.07, 6.45) is 3.12. The molecule has 20 heavy (non-hydrogen) atoms. The Balaban J connectivity index is 2.16. The van der Waals surface area contributed by atoms with Crippen molar-refractivity contribution in [2.75, 3.05) is 25.3 Å². The van der Waals surface area contributed by atoms with Gasteiger partial charge in [-0.25, -0.2) is 9.97 Å². The highest BCUT2D eigenvalue weighted by molar-refractivity contribution is 5.46. The van der Waals surface area contributed by atoms with Gasteiger partial charge in [0.25, 0.3) is 0 Å². The number of rotatable bonds is 5. The van der Waals surface area contributed by atoms with E-state index in [4.69, 9.17) is 15.2 Å². The van der Waals surface area contributed by atoms with Crippen LogP contribution in [0.5, 0.6) is 11.5 Å². The summed E-state index contributed by atoms with van der Waals surface area (Å²) in [7, 11) is 3.23. The van der Waals surface area contributed by atoms with E-state index in [0.717, 1.165) is 5.56 Å². The lowest BCUT2D eigenvalue weighted by atomic mass is 10.1. The smallest absolute Gasteiger partial charge is 0.161 e. The van der Waals surface area contributed by atoms with E-state index in [0.29, 0.717) is 23.1 Å². The number of nitrogens with one attached hydrogen (secondary N) is 1. The monoisotopic (exact) mass is 274 g/mol. The van der Waals surface area contributed by atoms with Crippen LogP contribution in [0.15, 0.2) is 30.6 Å². The van der Waals surface area contributed by atoms with E-state index in [9.17, 15) is 0 Å². The molecule has 0 fully saturated rings. The maximum absolute atomic E-state index is 5.51. The van der Waals surface area contributed by atoms with Crippen molar-refractivity contribution in [2.45, 2.75) is 13.0 Å². The lowest BCUT2D eigenvalue weighted by Crippen LogP contribution is -2.09. The standard InChI is InChI=1S/C14H18N4O2/c1-9(18-14-8-16-13(15)7-17-14)10-4-5-11(19-2)12(6-10)20-3/h4-9H,1-3H3,(H2,15,16)(H,17,18). The van der Waals surface area contributed by atoms with Crippen LogP contribution in [0, 0.1) is 0 Å². The second-order valence-corrected chi connectivity index (χ2v) is 4.31. The molecule has 1 heterocycles. The number of nitrogen functional groups attached to an aromatic ring is 1. The summed E-state index contributed by atoms with van der Waals surface area (Å²) in [5.41, 5.74) is 6.56. The molecule has 2 rings (SSSR count). The highest BCUT2D eigenvalue weighted by atomic mass is 16.5. The molecule has 0 amide bonds. The molecule has 0 radical (unpaired) electrons. The van der Waals surface area contributed by atoms with Crippen molar-refractivity contribution < 1.29 is 9.47 Å². The van der Waals surface area contributed by atoms with Crippen molar-refractivity contribution in [1.82, 2.24) is 9.97 Å². The van der Waals surface area contributed by atoms with Gasteiger partial charge in [-0.1, -0.05) is 6.07 Å². The van der Waals surface area contributed by atoms with Crippen LogP contribution in [0.3, 0.4) is 0 Å². The number of methoxy groups -OCH3 is 2. The van der Waals surface area contributed by atoms with E-state index < -0.39 is 0 Å². The third-order valence-electron chi connectivity index (χ3n) is 2.94. The van der Waals surface area contributed by atoms with E-state index >= 15 is 0 Å². The third kappa shape index (κ3) is 3.09. The van der Waals surface area contributed by atoms with Crippen molar-refractivity contribution in [3.8, 4) is 11.5 Å². The molecule has 2 aromatic rings. The average Bonchev–Trinajstić information content (AvgIpc) is 2.48. The van der Waals surface area contributed by atoms with Crippen LogP contribution >= 0.6 is 0 Å². The number of aromatic nitrogens is 2. The molecule has 0 bridgehead atoms. The predicted molar refractivity (Wildman–Crippen MR) is 78.0 cm³/mol. The molecule has 106 valence electrons. The maximum Gasteiger partial charge on any atom is 0.161 e. The van der Waals surface area contributed by atoms with Crippen LogP contribution in [0.1, 0.15) is 18.5 Å². The van der Waals surface area contributed by atoms with Gasteiger partial charge in [-0.15, -0.1) is 0 Å². The van der Waals surface area contributed by atoms with E-state index in [1.165, 1.54) is 6.20 Å². The lowest BCUT2D eigenvalue weighted by molar-refractivity contribution is 0.354. The quantitative estimate of drug-likeness (QED) is 0.870. The predicted octanol–water partition coefficient (Wildman–Crippen LogP) is 2.25. The number of nitrogens with zero attached hydrogens (tertiary/aromatic N) is 2. The molecule has 0 aliphatic carbocycles. The van der Waals surface area contributed by atoms with Crippen molar-refractivity contribution in [3.05, 3.63) is 36.2 Å². The largest absolute Gasteiger partial charge is 0.493 e. The molecule has 3 N–H and O–H groups in total. The summed E-state index contributed by atoms with van der Waals surface area (Å²) < 4.78 is 10.5. The summed E-state index contributed by atoms with van der Waals surface area (Å²) in [5, 5.41) is 3.25. The number of ether oxygens (including phenoxy) is 2. The first-order valence-electron chi connectivity index (χ1n) is 6.20. The Morgan fingerprint density at radius 3 is 2.45 bits per heavy atom. The average molecular weight is 274 g/mol. The van der Waals surface area contributed by atoms with Crippen LogP contribution < -0.4 is 20.5 Å². The fourth-order valence-corrected chi connectivity index (χ4v) is 1.84. The van der Waals surface area contributed by atoms with Gasteiger partial charge in [-0.2, -0.15) is 0 Å². The molecule has 0 saturated carbocycles. The first-order chi connectivity index (χ1) is 9.63. The van der Waals surface area contributed by atoms with E-state index in [2.05, 4.69) is 15.3 Å². The first kappa shape index (κ1) is 13.9. The van der Waals surface area contributed by atoms with Crippen molar-refractivity contribution >= 4 is 11.6 Å². The number of benzene rings is 1. The molecule has 1 aromatic carbocycles. The molecule has 0 aliphatic heterocycles. The number of anilines is 2. The first-order valence-corrected chi connectivity index (χ1v) is 6.20. The Labute approximate surface area is 118 Å². The topological polar surface area (TPSA) is 82.3 Å². The molecule has 1 aromatic heterocycles. The van der Waals surface area contributed by atoms with E-state index in [1.807, 2.05) is 25.1 Å². The maximum atomic E-state index is 5.51. The third-order valence-corrected chi connectivity index (χ3v) is 2.94. The van der Waals surface area contributed by atoms with Gasteiger partial charge < -0.3 is 20.5 Å². The molecule has 1 atom stereocenters. The summed E-state index contributed by atoms with van der Waals surface area (Å²) in [6, 6.07) is 5.83. The summed E-state index contributed by atoms with van der Waals surface area (Å²) in [5.74, 6) is 2.47. The molecule has 6 heteroatoms. The molecular formula is C14H18N4O2. The molecule has 0 saturated heterocycles. The van der Waals surface area contributed by atoms with E-state index in [1.54, 1.807) is 20.4 Å². The minimum Gasteiger partial charge on any atom is -0.493 e. The van der Waals surface area contributed by atoms with E-state index in [-0.39, 0.29) is 6.04 Å². The zero-order chi connectivity index (χ0) is 14.5. The zero-order valence-electron chi connectivity index (χ0n) is 11.8. The molecular weight excluding hydrogens is 256 g/mol. The normalized spacial score (nSPS) is 11.8. The molecule has 0 aliphatic rings. The van der Waals surface area contributed by atoms with Crippen LogP contribution in [-0.2, 0) is 0 Å². The molecule has 0 spiro atoms. The Kier molecular flexibility index (Phi) is 4.24. The second kappa shape index (κ2) is 6.10. The second-order valence-electron chi connectivity index (χ2n) is 4.31. The van der Waals surface area contributed by atoms with Crippen molar-refractivity contribution in [2.24, 2.45) is 0 Å². The SMILES string of the molecule is COc1ccc(C(C)Nc2cnc(N)cn2)cc1OC. The highest BCUT2D eigenvalue weighted by Crippen LogP contribution is 2.30. The van der Waals surface area contributed by atoms with Gasteiger partial charge in [0.2, 0.25) is 0 Å². The van der Waals surface area contributed by atoms with Crippen LogP contribution in [0.4, 0.5) is 11.6 Å². The van der Waals surface area contributed by atoms with Gasteiger partial charge in [0.05, 0.1) is 32.7 Å². The van der Waals surface area contributed by atoms with Gasteiger partial charge in [-0.3, -0.25) is 0 Å². The summed E-state index contributed by atoms with van der Waals surface area (Å²) in [6.45, 7) is 2.03. The molecule has 1 unspecified atom stereocenters. The van der Waals surface area contributed by atoms with Gasteiger partial charge >= 0.3 is 0 Å². The van der Waals surface area contributed by atoms with Crippen molar-refractivity contribution in [1.29, 1.82) is 0 Å². The van der Waals surface area contributed by atoms with Gasteiger partial charge in [-0.05, 0) is 24.6 Å². The summed E-state index contributed by atoms with van der Waals surface area (Å²) >= 11 is 0. The lowest BCUT2D eigenvalue weighted by Gasteiger charge is -2.16.